The molecule has 0 saturated carbocycles. The summed E-state index contributed by atoms with van der Waals surface area (Å²) in [5.74, 6) is 1.16. The van der Waals surface area contributed by atoms with Crippen LogP contribution in [0.5, 0.6) is 0 Å². The maximum Gasteiger partial charge on any atom is 0.255 e. The Bertz CT molecular complexity index is 609. The number of hydrogen-bond acceptors (Lipinski definition) is 4. The van der Waals surface area contributed by atoms with Gasteiger partial charge in [-0.25, -0.2) is 4.98 Å². The van der Waals surface area contributed by atoms with Gasteiger partial charge in [0.05, 0.1) is 5.56 Å². The zero-order chi connectivity index (χ0) is 17.4. The van der Waals surface area contributed by atoms with Crippen LogP contribution in [0.3, 0.4) is 0 Å². The number of anilines is 1. The van der Waals surface area contributed by atoms with Crippen LogP contribution in [-0.2, 0) is 0 Å². The summed E-state index contributed by atoms with van der Waals surface area (Å²) in [6.45, 7) is 8.47. The summed E-state index contributed by atoms with van der Waals surface area (Å²) < 4.78 is 0. The van der Waals surface area contributed by atoms with E-state index in [-0.39, 0.29) is 5.91 Å². The van der Waals surface area contributed by atoms with Crippen LogP contribution < -0.4 is 4.90 Å². The Hall–Kier alpha value is -1.62. The number of fused-ring (bicyclic) bond motifs is 2. The maximum atomic E-state index is 13.0. The summed E-state index contributed by atoms with van der Waals surface area (Å²) in [6.07, 6.45) is 7.87. The average Bonchev–Trinajstić information content (AvgIpc) is 3.22. The summed E-state index contributed by atoms with van der Waals surface area (Å²) in [6, 6.07) is 5.72. The molecule has 5 heteroatoms. The molecule has 2 unspecified atom stereocenters. The predicted octanol–water partition coefficient (Wildman–Crippen LogP) is 2.77. The van der Waals surface area contributed by atoms with Gasteiger partial charge in [-0.05, 0) is 58.1 Å². The van der Waals surface area contributed by atoms with Gasteiger partial charge >= 0.3 is 0 Å². The minimum absolute atomic E-state index is 0.150. The van der Waals surface area contributed by atoms with E-state index in [1.165, 1.54) is 25.7 Å². The molecule has 0 radical (unpaired) electrons. The van der Waals surface area contributed by atoms with Gasteiger partial charge < -0.3 is 9.80 Å². The standard InChI is InChI=1S/C20H30N4O/c1-15(2)24-17-6-7-18(24)14-23(12-9-17)20(25)16-5-8-19(21-13-16)22-10-3-4-11-22/h5,8,13,15,17-18H,3-4,6-7,9-12,14H2,1-2H3. The second-order valence-electron chi connectivity index (χ2n) is 8.07. The van der Waals surface area contributed by atoms with Crippen LogP contribution in [0.4, 0.5) is 5.82 Å². The summed E-state index contributed by atoms with van der Waals surface area (Å²) in [7, 11) is 0. The van der Waals surface area contributed by atoms with E-state index in [2.05, 4.69) is 33.5 Å². The van der Waals surface area contributed by atoms with Crippen molar-refractivity contribution in [2.45, 2.75) is 64.1 Å². The second-order valence-corrected chi connectivity index (χ2v) is 8.07. The molecule has 3 saturated heterocycles. The van der Waals surface area contributed by atoms with Crippen LogP contribution in [0.2, 0.25) is 0 Å². The third-order valence-corrected chi connectivity index (χ3v) is 6.15. The molecule has 0 spiro atoms. The first-order chi connectivity index (χ1) is 12.1. The molecular formula is C20H30N4O. The normalized spacial score (nSPS) is 27.2. The predicted molar refractivity (Wildman–Crippen MR) is 100.0 cm³/mol. The molecule has 2 atom stereocenters. The van der Waals surface area contributed by atoms with Crippen molar-refractivity contribution in [1.29, 1.82) is 0 Å². The van der Waals surface area contributed by atoms with Crippen LogP contribution in [0.15, 0.2) is 18.3 Å². The van der Waals surface area contributed by atoms with E-state index in [0.29, 0.717) is 18.1 Å². The van der Waals surface area contributed by atoms with Gasteiger partial charge in [0.15, 0.2) is 0 Å². The van der Waals surface area contributed by atoms with Crippen LogP contribution in [-0.4, -0.2) is 65.0 Å². The van der Waals surface area contributed by atoms with E-state index >= 15 is 0 Å². The average molecular weight is 342 g/mol. The number of nitrogens with zero attached hydrogens (tertiary/aromatic N) is 4. The number of hydrogen-bond donors (Lipinski definition) is 0. The highest BCUT2D eigenvalue weighted by atomic mass is 16.2. The first-order valence-electron chi connectivity index (χ1n) is 9.91. The fourth-order valence-corrected chi connectivity index (χ4v) is 4.97. The monoisotopic (exact) mass is 342 g/mol. The molecule has 1 aromatic heterocycles. The van der Waals surface area contributed by atoms with E-state index in [4.69, 9.17) is 0 Å². The zero-order valence-electron chi connectivity index (χ0n) is 15.5. The lowest BCUT2D eigenvalue weighted by Gasteiger charge is -2.32. The van der Waals surface area contributed by atoms with Crippen molar-refractivity contribution in [3.63, 3.8) is 0 Å². The van der Waals surface area contributed by atoms with Crippen molar-refractivity contribution in [3.05, 3.63) is 23.9 Å². The fraction of sp³-hybridized carbons (Fsp3) is 0.700. The molecule has 0 aliphatic carbocycles. The number of likely N-dealkylation sites (tertiary alicyclic amines) is 1. The largest absolute Gasteiger partial charge is 0.357 e. The SMILES string of the molecule is CC(C)N1C2CCC1CN(C(=O)c1ccc(N3CCCC3)nc1)CC2. The molecule has 1 aromatic rings. The summed E-state index contributed by atoms with van der Waals surface area (Å²) in [5.41, 5.74) is 0.733. The number of carbonyl (C=O) groups excluding carboxylic acids is 1. The smallest absolute Gasteiger partial charge is 0.255 e. The number of rotatable bonds is 3. The van der Waals surface area contributed by atoms with Crippen molar-refractivity contribution in [3.8, 4) is 0 Å². The highest BCUT2D eigenvalue weighted by molar-refractivity contribution is 5.94. The van der Waals surface area contributed by atoms with E-state index in [1.807, 2.05) is 12.1 Å². The Balaban J connectivity index is 1.45. The van der Waals surface area contributed by atoms with Gasteiger partial charge in [0.25, 0.3) is 5.91 Å². The number of pyridine rings is 1. The molecule has 4 rings (SSSR count). The molecule has 2 bridgehead atoms. The minimum atomic E-state index is 0.150. The number of carbonyl (C=O) groups is 1. The Morgan fingerprint density at radius 1 is 1.08 bits per heavy atom. The molecule has 5 nitrogen and oxygen atoms in total. The molecule has 136 valence electrons. The second kappa shape index (κ2) is 6.94. The van der Waals surface area contributed by atoms with Crippen LogP contribution in [0.25, 0.3) is 0 Å². The fourth-order valence-electron chi connectivity index (χ4n) is 4.97. The highest BCUT2D eigenvalue weighted by Crippen LogP contribution is 2.32. The number of amides is 1. The Morgan fingerprint density at radius 3 is 2.52 bits per heavy atom. The van der Waals surface area contributed by atoms with E-state index in [1.54, 1.807) is 6.20 Å². The maximum absolute atomic E-state index is 13.0. The first-order valence-corrected chi connectivity index (χ1v) is 9.91. The molecule has 0 N–H and O–H groups in total. The molecule has 1 amide bonds. The summed E-state index contributed by atoms with van der Waals surface area (Å²) in [5, 5.41) is 0. The van der Waals surface area contributed by atoms with Gasteiger partial charge in [-0.3, -0.25) is 9.69 Å². The van der Waals surface area contributed by atoms with Gasteiger partial charge in [0.2, 0.25) is 0 Å². The van der Waals surface area contributed by atoms with Crippen molar-refractivity contribution in [2.75, 3.05) is 31.1 Å². The highest BCUT2D eigenvalue weighted by Gasteiger charge is 2.39. The van der Waals surface area contributed by atoms with Gasteiger partial charge in [0.1, 0.15) is 5.82 Å². The topological polar surface area (TPSA) is 39.7 Å². The Kier molecular flexibility index (Phi) is 4.67. The molecule has 3 aliphatic rings. The van der Waals surface area contributed by atoms with Crippen molar-refractivity contribution in [1.82, 2.24) is 14.8 Å². The minimum Gasteiger partial charge on any atom is -0.357 e. The van der Waals surface area contributed by atoms with Gasteiger partial charge in [-0.1, -0.05) is 0 Å². The third-order valence-electron chi connectivity index (χ3n) is 6.15. The molecule has 3 aliphatic heterocycles. The first kappa shape index (κ1) is 16.8. The molecule has 4 heterocycles. The lowest BCUT2D eigenvalue weighted by Crippen LogP contribution is -2.44. The molecular weight excluding hydrogens is 312 g/mol. The molecule has 3 fully saturated rings. The van der Waals surface area contributed by atoms with Gasteiger partial charge in [-0.15, -0.1) is 0 Å². The summed E-state index contributed by atoms with van der Waals surface area (Å²) >= 11 is 0. The third kappa shape index (κ3) is 3.26. The lowest BCUT2D eigenvalue weighted by atomic mass is 10.1. The van der Waals surface area contributed by atoms with E-state index in [9.17, 15) is 4.79 Å². The lowest BCUT2D eigenvalue weighted by molar-refractivity contribution is 0.0728. The van der Waals surface area contributed by atoms with Crippen molar-refractivity contribution in [2.24, 2.45) is 0 Å². The van der Waals surface area contributed by atoms with Crippen LogP contribution >= 0.6 is 0 Å². The van der Waals surface area contributed by atoms with Crippen molar-refractivity contribution < 1.29 is 4.79 Å². The number of aromatic nitrogens is 1. The summed E-state index contributed by atoms with van der Waals surface area (Å²) in [4.78, 5) is 24.6. The van der Waals surface area contributed by atoms with Gasteiger partial charge in [-0.2, -0.15) is 0 Å². The van der Waals surface area contributed by atoms with Crippen molar-refractivity contribution >= 4 is 11.7 Å². The van der Waals surface area contributed by atoms with Gasteiger partial charge in [0, 0.05) is 50.5 Å². The quantitative estimate of drug-likeness (QED) is 0.847. The zero-order valence-corrected chi connectivity index (χ0v) is 15.5. The Morgan fingerprint density at radius 2 is 1.84 bits per heavy atom. The molecule has 25 heavy (non-hydrogen) atoms. The van der Waals surface area contributed by atoms with E-state index in [0.717, 1.165) is 44.0 Å². The Labute approximate surface area is 151 Å². The molecule has 0 aromatic carbocycles. The van der Waals surface area contributed by atoms with Crippen LogP contribution in [0, 0.1) is 0 Å². The van der Waals surface area contributed by atoms with Crippen LogP contribution in [0.1, 0.15) is 56.3 Å². The van der Waals surface area contributed by atoms with E-state index < -0.39 is 0 Å².